The Balaban J connectivity index is 1.43. The molecule has 31 heavy (non-hydrogen) atoms. The molecule has 2 aliphatic rings. The van der Waals surface area contributed by atoms with E-state index in [0.29, 0.717) is 26.2 Å². The summed E-state index contributed by atoms with van der Waals surface area (Å²) in [6, 6.07) is 2.02. The molecule has 2 aliphatic heterocycles. The maximum absolute atomic E-state index is 13.1. The standard InChI is InChI=1S/C20H32N8O2S/c1-16(2)20-23-19(14-25(20)4)31(29,30)28-11-9-27(10-12-28)18-13-17(21-15-22-18)26-7-5-24(3)6-8-26/h13-16H,5-12H2,1-4H3. The van der Waals surface area contributed by atoms with Gasteiger partial charge >= 0.3 is 0 Å². The summed E-state index contributed by atoms with van der Waals surface area (Å²) in [6.45, 7) is 9.93. The highest BCUT2D eigenvalue weighted by atomic mass is 32.2. The molecule has 0 atom stereocenters. The molecule has 2 fully saturated rings. The Kier molecular flexibility index (Phi) is 6.18. The lowest BCUT2D eigenvalue weighted by Crippen LogP contribution is -2.49. The smallest absolute Gasteiger partial charge is 0.262 e. The summed E-state index contributed by atoms with van der Waals surface area (Å²) >= 11 is 0. The Morgan fingerprint density at radius 2 is 1.42 bits per heavy atom. The van der Waals surface area contributed by atoms with Crippen molar-refractivity contribution in [3.8, 4) is 0 Å². The van der Waals surface area contributed by atoms with Crippen LogP contribution >= 0.6 is 0 Å². The largest absolute Gasteiger partial charge is 0.354 e. The molecule has 2 aromatic heterocycles. The van der Waals surface area contributed by atoms with E-state index in [1.165, 1.54) is 4.31 Å². The quantitative estimate of drug-likeness (QED) is 0.657. The Hall–Kier alpha value is -2.24. The molecule has 4 rings (SSSR count). The highest BCUT2D eigenvalue weighted by Crippen LogP contribution is 2.23. The molecule has 0 aliphatic carbocycles. The van der Waals surface area contributed by atoms with Crippen LogP contribution in [-0.2, 0) is 17.1 Å². The SMILES string of the molecule is CC(C)c1nc(S(=O)(=O)N2CCN(c3cc(N4CCN(C)CC4)ncn3)CC2)cn1C. The van der Waals surface area contributed by atoms with Gasteiger partial charge in [0.25, 0.3) is 10.0 Å². The molecule has 10 nitrogen and oxygen atoms in total. The molecule has 0 amide bonds. The lowest BCUT2D eigenvalue weighted by molar-refractivity contribution is 0.312. The van der Waals surface area contributed by atoms with Crippen molar-refractivity contribution in [1.29, 1.82) is 0 Å². The second kappa shape index (κ2) is 8.71. The summed E-state index contributed by atoms with van der Waals surface area (Å²) in [5, 5.41) is 0.131. The summed E-state index contributed by atoms with van der Waals surface area (Å²) in [6.07, 6.45) is 3.22. The van der Waals surface area contributed by atoms with Crippen LogP contribution in [0.25, 0.3) is 0 Å². The fraction of sp³-hybridized carbons (Fsp3) is 0.650. The Morgan fingerprint density at radius 1 is 0.871 bits per heavy atom. The lowest BCUT2D eigenvalue weighted by Gasteiger charge is -2.35. The third-order valence-electron chi connectivity index (χ3n) is 6.04. The predicted octanol–water partition coefficient (Wildman–Crippen LogP) is 0.596. The molecule has 11 heteroatoms. The van der Waals surface area contributed by atoms with Gasteiger partial charge in [-0.2, -0.15) is 4.31 Å². The number of likely N-dealkylation sites (N-methyl/N-ethyl adjacent to an activating group) is 1. The topological polar surface area (TPSA) is 90.7 Å². The van der Waals surface area contributed by atoms with E-state index in [1.54, 1.807) is 17.1 Å². The van der Waals surface area contributed by atoms with Crippen molar-refractivity contribution >= 4 is 21.7 Å². The highest BCUT2D eigenvalue weighted by Gasteiger charge is 2.31. The van der Waals surface area contributed by atoms with Crippen LogP contribution < -0.4 is 9.80 Å². The van der Waals surface area contributed by atoms with Gasteiger partial charge in [0.1, 0.15) is 23.8 Å². The monoisotopic (exact) mass is 448 g/mol. The molecule has 0 aromatic carbocycles. The first-order valence-electron chi connectivity index (χ1n) is 10.8. The van der Waals surface area contributed by atoms with Crippen molar-refractivity contribution < 1.29 is 8.42 Å². The average molecular weight is 449 g/mol. The number of hydrogen-bond acceptors (Lipinski definition) is 8. The third-order valence-corrected chi connectivity index (χ3v) is 7.81. The van der Waals surface area contributed by atoms with E-state index in [9.17, 15) is 8.42 Å². The normalized spacial score (nSPS) is 19.4. The zero-order valence-electron chi connectivity index (χ0n) is 18.8. The van der Waals surface area contributed by atoms with E-state index in [4.69, 9.17) is 0 Å². The summed E-state index contributed by atoms with van der Waals surface area (Å²) in [5.41, 5.74) is 0. The Morgan fingerprint density at radius 3 is 1.94 bits per heavy atom. The number of aromatic nitrogens is 4. The highest BCUT2D eigenvalue weighted by molar-refractivity contribution is 7.89. The van der Waals surface area contributed by atoms with Gasteiger partial charge in [-0.05, 0) is 7.05 Å². The summed E-state index contributed by atoms with van der Waals surface area (Å²) in [5.74, 6) is 2.72. The fourth-order valence-corrected chi connectivity index (χ4v) is 5.53. The van der Waals surface area contributed by atoms with Crippen LogP contribution in [0.2, 0.25) is 0 Å². The average Bonchev–Trinajstić information content (AvgIpc) is 3.17. The number of aryl methyl sites for hydroxylation is 1. The van der Waals surface area contributed by atoms with Gasteiger partial charge in [-0.3, -0.25) is 0 Å². The van der Waals surface area contributed by atoms with Gasteiger partial charge in [-0.1, -0.05) is 13.8 Å². The van der Waals surface area contributed by atoms with E-state index >= 15 is 0 Å². The van der Waals surface area contributed by atoms with Crippen molar-refractivity contribution in [1.82, 2.24) is 28.7 Å². The van der Waals surface area contributed by atoms with E-state index in [0.717, 1.165) is 43.6 Å². The molecular formula is C20H32N8O2S. The number of nitrogens with zero attached hydrogens (tertiary/aromatic N) is 8. The molecule has 0 unspecified atom stereocenters. The molecule has 0 saturated carbocycles. The van der Waals surface area contributed by atoms with E-state index in [-0.39, 0.29) is 10.9 Å². The van der Waals surface area contributed by atoms with Crippen LogP contribution in [-0.4, -0.2) is 96.5 Å². The van der Waals surface area contributed by atoms with Gasteiger partial charge in [-0.15, -0.1) is 0 Å². The zero-order valence-corrected chi connectivity index (χ0v) is 19.6. The second-order valence-corrected chi connectivity index (χ2v) is 10.5. The number of anilines is 2. The van der Waals surface area contributed by atoms with Gasteiger partial charge in [0.05, 0.1) is 0 Å². The molecule has 2 aromatic rings. The molecule has 170 valence electrons. The Labute approximate surface area is 184 Å². The maximum Gasteiger partial charge on any atom is 0.262 e. The summed E-state index contributed by atoms with van der Waals surface area (Å²) < 4.78 is 29.5. The van der Waals surface area contributed by atoms with Gasteiger partial charge in [-0.25, -0.2) is 23.4 Å². The van der Waals surface area contributed by atoms with Gasteiger partial charge in [0.15, 0.2) is 5.03 Å². The van der Waals surface area contributed by atoms with Crippen molar-refractivity contribution in [3.63, 3.8) is 0 Å². The first kappa shape index (κ1) is 22.0. The number of sulfonamides is 1. The minimum absolute atomic E-state index is 0.131. The number of imidazole rings is 1. The van der Waals surface area contributed by atoms with Gasteiger partial charge in [0.2, 0.25) is 0 Å². The van der Waals surface area contributed by atoms with Gasteiger partial charge < -0.3 is 19.3 Å². The number of hydrogen-bond donors (Lipinski definition) is 0. The molecule has 0 radical (unpaired) electrons. The molecule has 0 spiro atoms. The maximum atomic E-state index is 13.1. The van der Waals surface area contributed by atoms with E-state index in [1.807, 2.05) is 27.0 Å². The third kappa shape index (κ3) is 4.53. The molecule has 0 bridgehead atoms. The molecule has 0 N–H and O–H groups in total. The molecular weight excluding hydrogens is 416 g/mol. The van der Waals surface area contributed by atoms with Crippen molar-refractivity contribution in [3.05, 3.63) is 24.4 Å². The fourth-order valence-electron chi connectivity index (χ4n) is 4.12. The van der Waals surface area contributed by atoms with E-state index < -0.39 is 10.0 Å². The van der Waals surface area contributed by atoms with Crippen LogP contribution in [0.3, 0.4) is 0 Å². The van der Waals surface area contributed by atoms with Crippen molar-refractivity contribution in [2.45, 2.75) is 24.8 Å². The predicted molar refractivity (Wildman–Crippen MR) is 120 cm³/mol. The van der Waals surface area contributed by atoms with Crippen molar-refractivity contribution in [2.75, 3.05) is 69.2 Å². The summed E-state index contributed by atoms with van der Waals surface area (Å²) in [7, 11) is 0.365. The second-order valence-electron chi connectivity index (χ2n) is 8.62. The van der Waals surface area contributed by atoms with Crippen LogP contribution in [0.15, 0.2) is 23.6 Å². The first-order chi connectivity index (χ1) is 14.8. The Bertz CT molecular complexity index is 1010. The van der Waals surface area contributed by atoms with Crippen molar-refractivity contribution in [2.24, 2.45) is 7.05 Å². The van der Waals surface area contributed by atoms with Crippen LogP contribution in [0.1, 0.15) is 25.6 Å². The molecule has 4 heterocycles. The van der Waals surface area contributed by atoms with Crippen LogP contribution in [0.5, 0.6) is 0 Å². The summed E-state index contributed by atoms with van der Waals surface area (Å²) in [4.78, 5) is 20.0. The van der Waals surface area contributed by atoms with Gasteiger partial charge in [0, 0.05) is 77.6 Å². The zero-order chi connectivity index (χ0) is 22.2. The van der Waals surface area contributed by atoms with Crippen LogP contribution in [0, 0.1) is 0 Å². The first-order valence-corrected chi connectivity index (χ1v) is 12.2. The minimum Gasteiger partial charge on any atom is -0.354 e. The molecule has 2 saturated heterocycles. The van der Waals surface area contributed by atoms with E-state index in [2.05, 4.69) is 36.7 Å². The lowest BCUT2D eigenvalue weighted by atomic mass is 10.2. The number of piperazine rings is 2. The minimum atomic E-state index is -3.60. The van der Waals surface area contributed by atoms with Crippen LogP contribution in [0.4, 0.5) is 11.6 Å². The number of rotatable bonds is 5.